The van der Waals surface area contributed by atoms with Gasteiger partial charge in [0.25, 0.3) is 0 Å². The number of benzene rings is 16. The van der Waals surface area contributed by atoms with Crippen LogP contribution >= 0.6 is 0 Å². The van der Waals surface area contributed by atoms with Crippen LogP contribution in [0, 0.1) is 0 Å². The lowest BCUT2D eigenvalue weighted by Gasteiger charge is -2.19. The second-order valence-electron chi connectivity index (χ2n) is 21.1. The van der Waals surface area contributed by atoms with Crippen LogP contribution in [0.2, 0.25) is 0 Å². The standard InChI is InChI=1S/C78H48/c1-5-25-59-49(19-1)23-17-37-63(59)53-39-55(73-45-51-21-3-7-27-61(51)65-29-9-11-31-67(65)73)43-57(41-53)75-47-77-72-36-16-14-34-70(72)76(48-78(77)71-35-15-13-33-69(71)75)58-42-54(64-38-18-24-50-20-2-6-26-60(50)64)40-56(44-58)74-46-52-22-4-8-28-62(52)66-30-10-12-32-68(66)74/h1-48H. The van der Waals surface area contributed by atoms with Gasteiger partial charge in [-0.1, -0.05) is 231 Å². The van der Waals surface area contributed by atoms with Gasteiger partial charge in [0, 0.05) is 0 Å². The molecular weight excluding hydrogens is 937 g/mol. The van der Waals surface area contributed by atoms with Crippen LogP contribution in [0.15, 0.2) is 291 Å². The summed E-state index contributed by atoms with van der Waals surface area (Å²) in [6, 6.07) is 109. The number of rotatable bonds is 6. The normalized spacial score (nSPS) is 11.8. The fraction of sp³-hybridized carbons (Fsp3) is 0. The first-order chi connectivity index (χ1) is 38.7. The maximum Gasteiger partial charge on any atom is -0.00923 e. The Kier molecular flexibility index (Phi) is 10.0. The zero-order valence-corrected chi connectivity index (χ0v) is 42.7. The van der Waals surface area contributed by atoms with Crippen molar-refractivity contribution in [3.05, 3.63) is 291 Å². The topological polar surface area (TPSA) is 0 Å². The van der Waals surface area contributed by atoms with Crippen LogP contribution in [-0.2, 0) is 0 Å². The Labute approximate surface area is 452 Å². The van der Waals surface area contributed by atoms with E-state index in [0.717, 1.165) is 0 Å². The van der Waals surface area contributed by atoms with Crippen LogP contribution in [0.5, 0.6) is 0 Å². The van der Waals surface area contributed by atoms with Gasteiger partial charge in [-0.15, -0.1) is 0 Å². The average Bonchev–Trinajstić information content (AvgIpc) is 3.55. The first-order valence-electron chi connectivity index (χ1n) is 27.1. The van der Waals surface area contributed by atoms with Gasteiger partial charge < -0.3 is 0 Å². The SMILES string of the molecule is c1ccc2c(-c3cc(-c4cc5ccccc5c5ccccc45)cc(-c4cc5c6ccccc6c(-c6cc(-c7cccc8ccccc78)cc(-c7cc8ccccc8c8ccccc78)c6)cc5c5ccccc45)c3)cccc2c1. The molecule has 16 aromatic rings. The van der Waals surface area contributed by atoms with Gasteiger partial charge in [-0.3, -0.25) is 0 Å². The molecule has 16 rings (SSSR count). The molecule has 16 aromatic carbocycles. The molecule has 0 amide bonds. The summed E-state index contributed by atoms with van der Waals surface area (Å²) in [6.07, 6.45) is 0. The van der Waals surface area contributed by atoms with Gasteiger partial charge in [-0.05, 0) is 224 Å². The Hall–Kier alpha value is -10.1. The summed E-state index contributed by atoms with van der Waals surface area (Å²) in [5, 5.41) is 22.4. The van der Waals surface area contributed by atoms with E-state index in [9.17, 15) is 0 Å². The van der Waals surface area contributed by atoms with Crippen LogP contribution in [-0.4, -0.2) is 0 Å². The molecule has 0 radical (unpaired) electrons. The van der Waals surface area contributed by atoms with Crippen molar-refractivity contribution in [2.75, 3.05) is 0 Å². The molecule has 0 nitrogen and oxygen atoms in total. The highest BCUT2D eigenvalue weighted by atomic mass is 14.2. The van der Waals surface area contributed by atoms with Crippen molar-refractivity contribution >= 4 is 97.0 Å². The molecule has 0 aromatic heterocycles. The van der Waals surface area contributed by atoms with E-state index in [4.69, 9.17) is 0 Å². The second-order valence-corrected chi connectivity index (χ2v) is 21.1. The summed E-state index contributed by atoms with van der Waals surface area (Å²) in [5.41, 5.74) is 14.5. The van der Waals surface area contributed by atoms with E-state index < -0.39 is 0 Å². The van der Waals surface area contributed by atoms with Crippen LogP contribution in [0.1, 0.15) is 0 Å². The lowest BCUT2D eigenvalue weighted by Crippen LogP contribution is -1.92. The number of fused-ring (bicyclic) bond motifs is 13. The van der Waals surface area contributed by atoms with Gasteiger partial charge in [-0.25, -0.2) is 0 Å². The Morgan fingerprint density at radius 1 is 0.115 bits per heavy atom. The lowest BCUT2D eigenvalue weighted by molar-refractivity contribution is 1.61. The zero-order chi connectivity index (χ0) is 51.3. The maximum absolute atomic E-state index is 2.49. The molecule has 0 heterocycles. The van der Waals surface area contributed by atoms with Crippen molar-refractivity contribution in [1.82, 2.24) is 0 Å². The molecule has 0 fully saturated rings. The molecule has 360 valence electrons. The minimum Gasteiger partial charge on any atom is -0.0616 e. The first-order valence-corrected chi connectivity index (χ1v) is 27.1. The largest absolute Gasteiger partial charge is 0.0616 e. The van der Waals surface area contributed by atoms with Gasteiger partial charge in [0.15, 0.2) is 0 Å². The summed E-state index contributed by atoms with van der Waals surface area (Å²) >= 11 is 0. The molecule has 0 N–H and O–H groups in total. The maximum atomic E-state index is 2.49. The molecule has 78 heavy (non-hydrogen) atoms. The third-order valence-corrected chi connectivity index (χ3v) is 16.7. The molecule has 0 spiro atoms. The molecule has 0 saturated heterocycles. The van der Waals surface area contributed by atoms with Gasteiger partial charge in [-0.2, -0.15) is 0 Å². The highest BCUT2D eigenvalue weighted by Gasteiger charge is 2.20. The van der Waals surface area contributed by atoms with E-state index in [2.05, 4.69) is 291 Å². The van der Waals surface area contributed by atoms with Crippen molar-refractivity contribution in [2.45, 2.75) is 0 Å². The van der Waals surface area contributed by atoms with Gasteiger partial charge in [0.2, 0.25) is 0 Å². The predicted octanol–water partition coefficient (Wildman–Crippen LogP) is 22.1. The Morgan fingerprint density at radius 2 is 0.346 bits per heavy atom. The molecule has 0 aliphatic carbocycles. The summed E-state index contributed by atoms with van der Waals surface area (Å²) in [7, 11) is 0. The fourth-order valence-corrected chi connectivity index (χ4v) is 13.2. The van der Waals surface area contributed by atoms with Gasteiger partial charge in [0.05, 0.1) is 0 Å². The second kappa shape index (κ2) is 17.7. The molecule has 0 aliphatic rings. The van der Waals surface area contributed by atoms with Gasteiger partial charge >= 0.3 is 0 Å². The van der Waals surface area contributed by atoms with Crippen molar-refractivity contribution < 1.29 is 0 Å². The van der Waals surface area contributed by atoms with Crippen molar-refractivity contribution in [3.8, 4) is 66.8 Å². The summed E-state index contributed by atoms with van der Waals surface area (Å²) in [4.78, 5) is 0. The highest BCUT2D eigenvalue weighted by Crippen LogP contribution is 2.47. The summed E-state index contributed by atoms with van der Waals surface area (Å²) < 4.78 is 0. The number of hydrogen-bond donors (Lipinski definition) is 0. The van der Waals surface area contributed by atoms with E-state index in [1.54, 1.807) is 0 Å². The minimum atomic E-state index is 1.19. The van der Waals surface area contributed by atoms with Crippen LogP contribution in [0.3, 0.4) is 0 Å². The van der Waals surface area contributed by atoms with E-state index in [1.165, 1.54) is 164 Å². The fourth-order valence-electron chi connectivity index (χ4n) is 13.2. The smallest absolute Gasteiger partial charge is 0.00923 e. The molecule has 0 saturated carbocycles. The third-order valence-electron chi connectivity index (χ3n) is 16.7. The van der Waals surface area contributed by atoms with E-state index in [0.29, 0.717) is 0 Å². The average molecular weight is 985 g/mol. The molecule has 0 bridgehead atoms. The Balaban J connectivity index is 0.967. The van der Waals surface area contributed by atoms with Gasteiger partial charge in [0.1, 0.15) is 0 Å². The molecular formula is C78H48. The lowest BCUT2D eigenvalue weighted by atomic mass is 9.84. The van der Waals surface area contributed by atoms with E-state index in [-0.39, 0.29) is 0 Å². The van der Waals surface area contributed by atoms with Crippen LogP contribution in [0.4, 0.5) is 0 Å². The van der Waals surface area contributed by atoms with E-state index in [1.807, 2.05) is 0 Å². The molecule has 0 atom stereocenters. The molecule has 0 unspecified atom stereocenters. The first kappa shape index (κ1) is 44.2. The zero-order valence-electron chi connectivity index (χ0n) is 42.7. The summed E-state index contributed by atoms with van der Waals surface area (Å²) in [5.74, 6) is 0. The Morgan fingerprint density at radius 3 is 0.692 bits per heavy atom. The minimum absolute atomic E-state index is 1.19. The molecule has 0 heteroatoms. The quantitative estimate of drug-likeness (QED) is 0.146. The van der Waals surface area contributed by atoms with Crippen molar-refractivity contribution in [2.24, 2.45) is 0 Å². The van der Waals surface area contributed by atoms with E-state index >= 15 is 0 Å². The third kappa shape index (κ3) is 7.08. The predicted molar refractivity (Wildman–Crippen MR) is 337 cm³/mol. The van der Waals surface area contributed by atoms with Crippen molar-refractivity contribution in [1.29, 1.82) is 0 Å². The van der Waals surface area contributed by atoms with Crippen LogP contribution < -0.4 is 0 Å². The number of hydrogen-bond acceptors (Lipinski definition) is 0. The Bertz CT molecular complexity index is 4820. The monoisotopic (exact) mass is 984 g/mol. The van der Waals surface area contributed by atoms with Crippen molar-refractivity contribution in [3.63, 3.8) is 0 Å². The molecule has 0 aliphatic heterocycles. The highest BCUT2D eigenvalue weighted by molar-refractivity contribution is 6.25. The summed E-state index contributed by atoms with van der Waals surface area (Å²) in [6.45, 7) is 0. The van der Waals surface area contributed by atoms with Crippen LogP contribution in [0.25, 0.3) is 164 Å².